The molecule has 0 saturated heterocycles. The Morgan fingerprint density at radius 3 is 2.00 bits per heavy atom. The average Bonchev–Trinajstić information content (AvgIpc) is 2.33. The summed E-state index contributed by atoms with van der Waals surface area (Å²) < 4.78 is 60.0. The smallest absolute Gasteiger partial charge is 0.189 e. The van der Waals surface area contributed by atoms with E-state index in [1.807, 2.05) is 0 Å². The third-order valence-corrected chi connectivity index (χ3v) is 1.34. The van der Waals surface area contributed by atoms with Gasteiger partial charge in [0.05, 0.1) is 5.70 Å². The Kier molecular flexibility index (Phi) is 2.05. The van der Waals surface area contributed by atoms with Crippen LogP contribution in [0.1, 0.15) is 6.92 Å². The zero-order valence-electron chi connectivity index (χ0n) is 6.36. The van der Waals surface area contributed by atoms with Crippen molar-refractivity contribution >= 4 is 5.71 Å². The Balaban J connectivity index is 2.95. The van der Waals surface area contributed by atoms with Crippen LogP contribution in [0, 0.1) is 0 Å². The van der Waals surface area contributed by atoms with Crippen LogP contribution in [0.2, 0.25) is 0 Å². The highest BCUT2D eigenvalue weighted by Crippen LogP contribution is 2.37. The van der Waals surface area contributed by atoms with Gasteiger partial charge in [0, 0.05) is 0 Å². The molecular formula is C6H4F5N2. The van der Waals surface area contributed by atoms with Crippen molar-refractivity contribution in [2.45, 2.75) is 19.0 Å². The quantitative estimate of drug-likeness (QED) is 0.578. The van der Waals surface area contributed by atoms with Crippen LogP contribution in [0.25, 0.3) is 0 Å². The lowest BCUT2D eigenvalue weighted by molar-refractivity contribution is -0.248. The van der Waals surface area contributed by atoms with Gasteiger partial charge in [-0.2, -0.15) is 27.4 Å². The van der Waals surface area contributed by atoms with Crippen LogP contribution >= 0.6 is 0 Å². The van der Waals surface area contributed by atoms with Gasteiger partial charge in [0.2, 0.25) is 0 Å². The molecule has 7 heteroatoms. The number of hydrogen-bond acceptors (Lipinski definition) is 1. The summed E-state index contributed by atoms with van der Waals surface area (Å²) in [6.07, 6.45) is -5.02. The van der Waals surface area contributed by atoms with E-state index in [1.165, 1.54) is 6.92 Å². The number of hydrogen-bond donors (Lipinski definition) is 0. The van der Waals surface area contributed by atoms with Gasteiger partial charge in [0.1, 0.15) is 5.71 Å². The third kappa shape index (κ3) is 1.63. The summed E-state index contributed by atoms with van der Waals surface area (Å²) in [7, 11) is 0. The summed E-state index contributed by atoms with van der Waals surface area (Å²) in [5.74, 6) is -4.92. The molecule has 0 fully saturated rings. The summed E-state index contributed by atoms with van der Waals surface area (Å²) >= 11 is 0. The van der Waals surface area contributed by atoms with Crippen LogP contribution in [0.3, 0.4) is 0 Å². The van der Waals surface area contributed by atoms with Gasteiger partial charge in [-0.3, -0.25) is 0 Å². The van der Waals surface area contributed by atoms with Gasteiger partial charge >= 0.3 is 12.1 Å². The molecule has 0 bridgehead atoms. The van der Waals surface area contributed by atoms with E-state index < -0.39 is 17.8 Å². The van der Waals surface area contributed by atoms with Gasteiger partial charge in [-0.25, -0.2) is 0 Å². The highest BCUT2D eigenvalue weighted by molar-refractivity contribution is 6.02. The number of halogens is 5. The lowest BCUT2D eigenvalue weighted by Gasteiger charge is -2.17. The fourth-order valence-electron chi connectivity index (χ4n) is 0.687. The van der Waals surface area contributed by atoms with Gasteiger partial charge in [0.15, 0.2) is 0 Å². The fourth-order valence-corrected chi connectivity index (χ4v) is 0.687. The lowest BCUT2D eigenvalue weighted by atomic mass is 10.2. The van der Waals surface area contributed by atoms with Gasteiger partial charge in [0.25, 0.3) is 0 Å². The van der Waals surface area contributed by atoms with E-state index in [1.54, 1.807) is 0 Å². The van der Waals surface area contributed by atoms with Crippen LogP contribution in [-0.2, 0) is 0 Å². The molecule has 1 aliphatic rings. The van der Waals surface area contributed by atoms with Crippen LogP contribution in [0.5, 0.6) is 0 Å². The van der Waals surface area contributed by atoms with Crippen molar-refractivity contribution in [2.24, 2.45) is 5.10 Å². The van der Waals surface area contributed by atoms with Gasteiger partial charge in [-0.1, -0.05) is 0 Å². The predicted octanol–water partition coefficient (Wildman–Crippen LogP) is 2.06. The second-order valence-corrected chi connectivity index (χ2v) is 2.44. The van der Waals surface area contributed by atoms with E-state index in [0.717, 1.165) is 0 Å². The minimum Gasteiger partial charge on any atom is -0.189 e. The maximum atomic E-state index is 12.4. The first kappa shape index (κ1) is 9.94. The van der Waals surface area contributed by atoms with Crippen molar-refractivity contribution in [3.63, 3.8) is 0 Å². The molecule has 1 heterocycles. The van der Waals surface area contributed by atoms with Gasteiger partial charge in [-0.05, 0) is 13.0 Å². The Morgan fingerprint density at radius 1 is 1.15 bits per heavy atom. The minimum absolute atomic E-state index is 0.0268. The van der Waals surface area contributed by atoms with Gasteiger partial charge < -0.3 is 0 Å². The Labute approximate surface area is 70.1 Å². The monoisotopic (exact) mass is 199 g/mol. The van der Waals surface area contributed by atoms with E-state index in [4.69, 9.17) is 0 Å². The number of alkyl halides is 5. The van der Waals surface area contributed by atoms with Crippen LogP contribution in [-0.4, -0.2) is 17.8 Å². The molecule has 0 aliphatic carbocycles. The Morgan fingerprint density at radius 2 is 1.69 bits per heavy atom. The molecule has 0 atom stereocenters. The highest BCUT2D eigenvalue weighted by atomic mass is 19.4. The Hall–Kier alpha value is -1.14. The van der Waals surface area contributed by atoms with E-state index in [0.29, 0.717) is 6.08 Å². The summed E-state index contributed by atoms with van der Waals surface area (Å²) in [5.41, 5.74) is 1.73. The van der Waals surface area contributed by atoms with Crippen LogP contribution in [0.4, 0.5) is 22.0 Å². The molecule has 0 aromatic heterocycles. The molecule has 0 spiro atoms. The van der Waals surface area contributed by atoms with Crippen molar-refractivity contribution in [2.75, 3.05) is 0 Å². The number of nitrogens with zero attached hydrogens (tertiary/aromatic N) is 2. The van der Waals surface area contributed by atoms with Crippen molar-refractivity contribution in [3.8, 4) is 0 Å². The van der Waals surface area contributed by atoms with E-state index in [9.17, 15) is 22.0 Å². The second-order valence-electron chi connectivity index (χ2n) is 2.44. The van der Waals surface area contributed by atoms with Crippen molar-refractivity contribution < 1.29 is 22.0 Å². The first-order valence-electron chi connectivity index (χ1n) is 3.17. The van der Waals surface area contributed by atoms with E-state index in [-0.39, 0.29) is 5.70 Å². The molecule has 0 saturated carbocycles. The first-order valence-corrected chi connectivity index (χ1v) is 3.17. The molecule has 0 amide bonds. The molecule has 73 valence electrons. The van der Waals surface area contributed by atoms with Crippen LogP contribution in [0.15, 0.2) is 16.9 Å². The number of rotatable bonds is 1. The molecular weight excluding hydrogens is 195 g/mol. The standard InChI is InChI=1S/C6H4F5N2/c1-3-2-4(13-12-3)5(7,8)6(9,10)11/h2H,1H3. The molecule has 1 radical (unpaired) electrons. The van der Waals surface area contributed by atoms with Gasteiger partial charge in [-0.15, -0.1) is 5.10 Å². The summed E-state index contributed by atoms with van der Waals surface area (Å²) in [6.45, 7) is 1.28. The molecule has 0 aromatic carbocycles. The molecule has 0 aromatic rings. The normalized spacial score (nSPS) is 18.0. The topological polar surface area (TPSA) is 26.5 Å². The maximum absolute atomic E-state index is 12.4. The average molecular weight is 199 g/mol. The lowest BCUT2D eigenvalue weighted by Crippen LogP contribution is -2.42. The highest BCUT2D eigenvalue weighted by Gasteiger charge is 2.61. The van der Waals surface area contributed by atoms with Crippen molar-refractivity contribution in [1.29, 1.82) is 0 Å². The zero-order valence-corrected chi connectivity index (χ0v) is 6.36. The zero-order chi connectivity index (χ0) is 10.3. The first-order chi connectivity index (χ1) is 5.75. The van der Waals surface area contributed by atoms with Crippen molar-refractivity contribution in [3.05, 3.63) is 11.8 Å². The van der Waals surface area contributed by atoms with E-state index in [2.05, 4.69) is 10.5 Å². The number of allylic oxidation sites excluding steroid dienone is 2. The minimum atomic E-state index is -5.62. The molecule has 13 heavy (non-hydrogen) atoms. The Bertz CT molecular complexity index is 275. The van der Waals surface area contributed by atoms with Crippen molar-refractivity contribution in [1.82, 2.24) is 5.43 Å². The molecule has 1 aliphatic heterocycles. The van der Waals surface area contributed by atoms with Crippen LogP contribution < -0.4 is 5.43 Å². The third-order valence-electron chi connectivity index (χ3n) is 1.34. The summed E-state index contributed by atoms with van der Waals surface area (Å²) in [6, 6.07) is 0. The predicted molar refractivity (Wildman–Crippen MR) is 34.3 cm³/mol. The largest absolute Gasteiger partial charge is 0.459 e. The maximum Gasteiger partial charge on any atom is 0.459 e. The summed E-state index contributed by atoms with van der Waals surface area (Å²) in [5, 5.41) is 2.73. The molecule has 2 nitrogen and oxygen atoms in total. The fraction of sp³-hybridized carbons (Fsp3) is 0.500. The molecule has 0 N–H and O–H groups in total. The summed E-state index contributed by atoms with van der Waals surface area (Å²) in [4.78, 5) is 0. The SMILES string of the molecule is CC1=CC(C(F)(F)C(F)(F)F)=N[N]1. The molecule has 0 unspecified atom stereocenters. The second kappa shape index (κ2) is 2.68. The molecule has 1 rings (SSSR count). The van der Waals surface area contributed by atoms with E-state index >= 15 is 0 Å².